The molecule has 2 rings (SSSR count). The number of nitrogens with zero attached hydrogens (tertiary/aromatic N) is 1. The van der Waals surface area contributed by atoms with Crippen LogP contribution in [-0.4, -0.2) is 15.0 Å². The van der Waals surface area contributed by atoms with Gasteiger partial charge in [-0.05, 0) is 36.5 Å². The van der Waals surface area contributed by atoms with Crippen molar-refractivity contribution in [3.8, 4) is 6.07 Å². The van der Waals surface area contributed by atoms with E-state index in [9.17, 15) is 8.42 Å². The first-order chi connectivity index (χ1) is 9.44. The number of nitriles is 1. The highest BCUT2D eigenvalue weighted by molar-refractivity contribution is 7.89. The molecule has 0 amide bonds. The maximum Gasteiger partial charge on any atom is 0.242 e. The van der Waals surface area contributed by atoms with E-state index in [1.54, 1.807) is 0 Å². The van der Waals surface area contributed by atoms with Crippen LogP contribution in [-0.2, 0) is 10.0 Å². The molecule has 0 heterocycles. The molecule has 0 spiro atoms. The van der Waals surface area contributed by atoms with Crippen LogP contribution >= 0.6 is 0 Å². The number of hydrogen-bond acceptors (Lipinski definition) is 4. The van der Waals surface area contributed by atoms with E-state index < -0.39 is 10.0 Å². The van der Waals surface area contributed by atoms with Gasteiger partial charge in [0.1, 0.15) is 4.90 Å². The first-order valence-electron chi connectivity index (χ1n) is 6.73. The third-order valence-corrected chi connectivity index (χ3v) is 5.50. The van der Waals surface area contributed by atoms with Crippen LogP contribution in [0, 0.1) is 23.2 Å². The molecule has 1 aromatic carbocycles. The molecule has 2 atom stereocenters. The molecule has 2 unspecified atom stereocenters. The van der Waals surface area contributed by atoms with Crippen molar-refractivity contribution in [1.29, 1.82) is 5.26 Å². The van der Waals surface area contributed by atoms with E-state index in [0.717, 1.165) is 19.3 Å². The van der Waals surface area contributed by atoms with Crippen molar-refractivity contribution < 1.29 is 8.42 Å². The summed E-state index contributed by atoms with van der Waals surface area (Å²) >= 11 is 0. The molecule has 1 saturated carbocycles. The van der Waals surface area contributed by atoms with Crippen LogP contribution in [0.4, 0.5) is 5.69 Å². The summed E-state index contributed by atoms with van der Waals surface area (Å²) in [7, 11) is -3.61. The number of nitrogen functional groups attached to an aromatic ring is 1. The minimum absolute atomic E-state index is 0.0437. The molecule has 1 aromatic rings. The lowest BCUT2D eigenvalue weighted by molar-refractivity contribution is 0.414. The van der Waals surface area contributed by atoms with Crippen LogP contribution in [0.25, 0.3) is 0 Å². The molecule has 1 fully saturated rings. The van der Waals surface area contributed by atoms with Gasteiger partial charge in [-0.2, -0.15) is 5.26 Å². The Morgan fingerprint density at radius 2 is 2.20 bits per heavy atom. The zero-order valence-corrected chi connectivity index (χ0v) is 12.3. The van der Waals surface area contributed by atoms with Crippen LogP contribution in [0.1, 0.15) is 31.7 Å². The second-order valence-electron chi connectivity index (χ2n) is 5.38. The Labute approximate surface area is 119 Å². The molecule has 0 bridgehead atoms. The highest BCUT2D eigenvalue weighted by Crippen LogP contribution is 2.31. The summed E-state index contributed by atoms with van der Waals surface area (Å²) in [4.78, 5) is 0.0437. The molecule has 3 N–H and O–H groups in total. The Morgan fingerprint density at radius 3 is 2.75 bits per heavy atom. The molecule has 5 nitrogen and oxygen atoms in total. The number of hydrogen-bond donors (Lipinski definition) is 2. The van der Waals surface area contributed by atoms with Crippen LogP contribution in [0.15, 0.2) is 23.1 Å². The van der Waals surface area contributed by atoms with Gasteiger partial charge in [0.25, 0.3) is 0 Å². The quantitative estimate of drug-likeness (QED) is 0.828. The van der Waals surface area contributed by atoms with E-state index in [-0.39, 0.29) is 10.6 Å². The van der Waals surface area contributed by atoms with Crippen molar-refractivity contribution in [3.05, 3.63) is 23.8 Å². The molecule has 0 aromatic heterocycles. The lowest BCUT2D eigenvalue weighted by Gasteiger charge is -2.16. The molecule has 0 aliphatic heterocycles. The van der Waals surface area contributed by atoms with Crippen molar-refractivity contribution in [2.45, 2.75) is 31.1 Å². The monoisotopic (exact) mass is 293 g/mol. The molecule has 108 valence electrons. The van der Waals surface area contributed by atoms with E-state index in [2.05, 4.69) is 11.6 Å². The Bertz CT molecular complexity index is 634. The Kier molecular flexibility index (Phi) is 4.31. The number of nitrogens with one attached hydrogen (secondary N) is 1. The summed E-state index contributed by atoms with van der Waals surface area (Å²) in [6, 6.07) is 6.16. The van der Waals surface area contributed by atoms with Crippen LogP contribution < -0.4 is 10.5 Å². The standard InChI is InChI=1S/C14H19N3O2S/c1-10-3-2-4-12(10)9-17-20(18,19)14-6-5-11(8-15)7-13(14)16/h5-7,10,12,17H,2-4,9,16H2,1H3. The second kappa shape index (κ2) is 5.81. The Morgan fingerprint density at radius 1 is 1.45 bits per heavy atom. The Balaban J connectivity index is 2.12. The van der Waals surface area contributed by atoms with Crippen molar-refractivity contribution in [3.63, 3.8) is 0 Å². The summed E-state index contributed by atoms with van der Waals surface area (Å²) in [6.07, 6.45) is 3.38. The lowest BCUT2D eigenvalue weighted by atomic mass is 9.99. The number of rotatable bonds is 4. The van der Waals surface area contributed by atoms with Gasteiger partial charge in [0, 0.05) is 6.54 Å². The van der Waals surface area contributed by atoms with Gasteiger partial charge < -0.3 is 5.73 Å². The van der Waals surface area contributed by atoms with Crippen LogP contribution in [0.2, 0.25) is 0 Å². The lowest BCUT2D eigenvalue weighted by Crippen LogP contribution is -2.30. The first kappa shape index (κ1) is 14.8. The predicted octanol–water partition coefficient (Wildman–Crippen LogP) is 1.85. The van der Waals surface area contributed by atoms with Crippen molar-refractivity contribution in [2.24, 2.45) is 11.8 Å². The molecular formula is C14H19N3O2S. The number of benzene rings is 1. The van der Waals surface area contributed by atoms with Gasteiger partial charge in [0.05, 0.1) is 17.3 Å². The second-order valence-corrected chi connectivity index (χ2v) is 7.12. The van der Waals surface area contributed by atoms with Crippen molar-refractivity contribution in [1.82, 2.24) is 4.72 Å². The summed E-state index contributed by atoms with van der Waals surface area (Å²) in [6.45, 7) is 2.60. The Hall–Kier alpha value is -1.58. The van der Waals surface area contributed by atoms with Gasteiger partial charge in [0.2, 0.25) is 10.0 Å². The van der Waals surface area contributed by atoms with E-state index in [0.29, 0.717) is 23.9 Å². The van der Waals surface area contributed by atoms with E-state index >= 15 is 0 Å². The van der Waals surface area contributed by atoms with Crippen LogP contribution in [0.3, 0.4) is 0 Å². The predicted molar refractivity (Wildman–Crippen MR) is 77.3 cm³/mol. The first-order valence-corrected chi connectivity index (χ1v) is 8.21. The number of nitrogens with two attached hydrogens (primary N) is 1. The zero-order chi connectivity index (χ0) is 14.8. The molecule has 6 heteroatoms. The van der Waals surface area contributed by atoms with Gasteiger partial charge in [-0.25, -0.2) is 13.1 Å². The van der Waals surface area contributed by atoms with Gasteiger partial charge in [-0.3, -0.25) is 0 Å². The van der Waals surface area contributed by atoms with Gasteiger partial charge in [-0.1, -0.05) is 19.8 Å². The fraction of sp³-hybridized carbons (Fsp3) is 0.500. The highest BCUT2D eigenvalue weighted by atomic mass is 32.2. The van der Waals surface area contributed by atoms with Gasteiger partial charge in [-0.15, -0.1) is 0 Å². The van der Waals surface area contributed by atoms with Crippen LogP contribution in [0.5, 0.6) is 0 Å². The molecule has 0 saturated heterocycles. The fourth-order valence-electron chi connectivity index (χ4n) is 2.68. The number of anilines is 1. The van der Waals surface area contributed by atoms with E-state index in [1.807, 2.05) is 6.07 Å². The average molecular weight is 293 g/mol. The molecule has 1 aliphatic rings. The minimum atomic E-state index is -3.61. The number of sulfonamides is 1. The fourth-order valence-corrected chi connectivity index (χ4v) is 3.89. The highest BCUT2D eigenvalue weighted by Gasteiger charge is 2.26. The molecule has 20 heavy (non-hydrogen) atoms. The third-order valence-electron chi connectivity index (χ3n) is 4.00. The van der Waals surface area contributed by atoms with E-state index in [4.69, 9.17) is 11.0 Å². The SMILES string of the molecule is CC1CCCC1CNS(=O)(=O)c1ccc(C#N)cc1N. The third kappa shape index (κ3) is 3.11. The minimum Gasteiger partial charge on any atom is -0.398 e. The summed E-state index contributed by atoms with van der Waals surface area (Å²) in [5.74, 6) is 0.945. The largest absolute Gasteiger partial charge is 0.398 e. The molecule has 0 radical (unpaired) electrons. The van der Waals surface area contributed by atoms with Crippen molar-refractivity contribution in [2.75, 3.05) is 12.3 Å². The summed E-state index contributed by atoms with van der Waals surface area (Å²) in [5.41, 5.74) is 6.18. The molecular weight excluding hydrogens is 274 g/mol. The maximum atomic E-state index is 12.2. The van der Waals surface area contributed by atoms with Crippen molar-refractivity contribution >= 4 is 15.7 Å². The summed E-state index contributed by atoms with van der Waals surface area (Å²) in [5, 5.41) is 8.76. The smallest absolute Gasteiger partial charge is 0.242 e. The van der Waals surface area contributed by atoms with Gasteiger partial charge >= 0.3 is 0 Å². The molecule has 1 aliphatic carbocycles. The zero-order valence-electron chi connectivity index (χ0n) is 11.5. The topological polar surface area (TPSA) is 96.0 Å². The maximum absolute atomic E-state index is 12.2. The van der Waals surface area contributed by atoms with E-state index in [1.165, 1.54) is 18.2 Å². The normalized spacial score (nSPS) is 22.6. The summed E-state index contributed by atoms with van der Waals surface area (Å²) < 4.78 is 27.1. The van der Waals surface area contributed by atoms with Gasteiger partial charge in [0.15, 0.2) is 0 Å². The average Bonchev–Trinajstić information content (AvgIpc) is 2.81.